The molecule has 0 spiro atoms. The van der Waals surface area contributed by atoms with Gasteiger partial charge in [-0.2, -0.15) is 4.31 Å². The predicted octanol–water partition coefficient (Wildman–Crippen LogP) is 4.05. The van der Waals surface area contributed by atoms with Crippen molar-refractivity contribution in [1.29, 1.82) is 0 Å². The topological polar surface area (TPSA) is 62.6 Å². The number of sulfonamides is 1. The molecule has 2 aromatic carbocycles. The van der Waals surface area contributed by atoms with Crippen LogP contribution in [0.15, 0.2) is 77.8 Å². The molecule has 0 N–H and O–H groups in total. The highest BCUT2D eigenvalue weighted by atomic mass is 32.2. The van der Waals surface area contributed by atoms with E-state index in [4.69, 9.17) is 0 Å². The van der Waals surface area contributed by atoms with E-state index < -0.39 is 10.0 Å². The summed E-state index contributed by atoms with van der Waals surface area (Å²) in [5, 5.41) is 0. The van der Waals surface area contributed by atoms with Gasteiger partial charge >= 0.3 is 0 Å². The Kier molecular flexibility index (Phi) is 6.25. The highest BCUT2D eigenvalue weighted by Crippen LogP contribution is 2.25. The SMILES string of the molecule is Cn1cc(S(=O)(=O)N2CCCCC2)cc1C(=O)N(Cc1ccccc1)c1ccccc1. The molecular weight excluding hydrogens is 410 g/mol. The molecule has 0 radical (unpaired) electrons. The van der Waals surface area contributed by atoms with Crippen LogP contribution in [0.1, 0.15) is 35.3 Å². The molecule has 6 nitrogen and oxygen atoms in total. The van der Waals surface area contributed by atoms with Gasteiger partial charge in [0.25, 0.3) is 5.91 Å². The largest absolute Gasteiger partial charge is 0.345 e. The van der Waals surface area contributed by atoms with E-state index in [9.17, 15) is 13.2 Å². The molecular formula is C24H27N3O3S. The van der Waals surface area contributed by atoms with Crippen LogP contribution in [0.2, 0.25) is 0 Å². The molecule has 162 valence electrons. The summed E-state index contributed by atoms with van der Waals surface area (Å²) in [6.45, 7) is 1.46. The maximum Gasteiger partial charge on any atom is 0.275 e. The summed E-state index contributed by atoms with van der Waals surface area (Å²) >= 11 is 0. The summed E-state index contributed by atoms with van der Waals surface area (Å²) in [6, 6.07) is 20.7. The average molecular weight is 438 g/mol. The lowest BCUT2D eigenvalue weighted by molar-refractivity contribution is 0.0977. The molecule has 1 fully saturated rings. The Morgan fingerprint density at radius 3 is 2.19 bits per heavy atom. The predicted molar refractivity (Wildman–Crippen MR) is 121 cm³/mol. The second-order valence-electron chi connectivity index (χ2n) is 7.85. The molecule has 1 amide bonds. The molecule has 7 heteroatoms. The van der Waals surface area contributed by atoms with Crippen molar-refractivity contribution in [2.75, 3.05) is 18.0 Å². The van der Waals surface area contributed by atoms with Crippen molar-refractivity contribution < 1.29 is 13.2 Å². The van der Waals surface area contributed by atoms with Crippen molar-refractivity contribution in [2.45, 2.75) is 30.7 Å². The minimum atomic E-state index is -3.60. The first kappa shape index (κ1) is 21.3. The number of nitrogens with zero attached hydrogens (tertiary/aromatic N) is 3. The summed E-state index contributed by atoms with van der Waals surface area (Å²) in [5.74, 6) is -0.238. The van der Waals surface area contributed by atoms with Crippen molar-refractivity contribution in [3.05, 3.63) is 84.2 Å². The van der Waals surface area contributed by atoms with Crippen LogP contribution in [0, 0.1) is 0 Å². The third-order valence-electron chi connectivity index (χ3n) is 5.65. The Hall–Kier alpha value is -2.90. The molecule has 31 heavy (non-hydrogen) atoms. The Morgan fingerprint density at radius 2 is 1.55 bits per heavy atom. The van der Waals surface area contributed by atoms with Gasteiger partial charge in [0.05, 0.1) is 6.54 Å². The van der Waals surface area contributed by atoms with Crippen molar-refractivity contribution >= 4 is 21.6 Å². The molecule has 4 rings (SSSR count). The van der Waals surface area contributed by atoms with Crippen LogP contribution in [-0.4, -0.2) is 36.3 Å². The van der Waals surface area contributed by atoms with E-state index in [1.54, 1.807) is 22.7 Å². The lowest BCUT2D eigenvalue weighted by Gasteiger charge is -2.25. The molecule has 0 aliphatic carbocycles. The van der Waals surface area contributed by atoms with Gasteiger partial charge in [-0.25, -0.2) is 8.42 Å². The number of anilines is 1. The quantitative estimate of drug-likeness (QED) is 0.585. The van der Waals surface area contributed by atoms with Gasteiger partial charge in [-0.1, -0.05) is 55.0 Å². The number of benzene rings is 2. The van der Waals surface area contributed by atoms with Crippen molar-refractivity contribution in [1.82, 2.24) is 8.87 Å². The Balaban J connectivity index is 1.67. The molecule has 2 heterocycles. The number of amides is 1. The highest BCUT2D eigenvalue weighted by molar-refractivity contribution is 7.89. The minimum Gasteiger partial charge on any atom is -0.345 e. The number of hydrogen-bond acceptors (Lipinski definition) is 3. The number of rotatable bonds is 6. The number of piperidine rings is 1. The highest BCUT2D eigenvalue weighted by Gasteiger charge is 2.30. The first-order valence-electron chi connectivity index (χ1n) is 10.5. The van der Waals surface area contributed by atoms with Crippen LogP contribution >= 0.6 is 0 Å². The fourth-order valence-electron chi connectivity index (χ4n) is 3.93. The first-order valence-corrected chi connectivity index (χ1v) is 12.0. The molecule has 3 aromatic rings. The molecule has 1 aliphatic rings. The van der Waals surface area contributed by atoms with Gasteiger partial charge < -0.3 is 9.47 Å². The lowest BCUT2D eigenvalue weighted by Crippen LogP contribution is -2.35. The zero-order chi connectivity index (χ0) is 21.8. The number of hydrogen-bond donors (Lipinski definition) is 0. The third kappa shape index (κ3) is 4.57. The van der Waals surface area contributed by atoms with Gasteiger partial charge in [0.2, 0.25) is 10.0 Å². The molecule has 0 bridgehead atoms. The van der Waals surface area contributed by atoms with E-state index in [1.807, 2.05) is 60.7 Å². The fourth-order valence-corrected chi connectivity index (χ4v) is 5.52. The molecule has 1 saturated heterocycles. The van der Waals surface area contributed by atoms with Gasteiger partial charge in [0, 0.05) is 32.0 Å². The van der Waals surface area contributed by atoms with E-state index in [-0.39, 0.29) is 10.8 Å². The number of carbonyl (C=O) groups excluding carboxylic acids is 1. The maximum atomic E-state index is 13.6. The summed E-state index contributed by atoms with van der Waals surface area (Å²) in [6.07, 6.45) is 4.34. The van der Waals surface area contributed by atoms with Gasteiger partial charge in [-0.05, 0) is 36.6 Å². The molecule has 1 aliphatic heterocycles. The third-order valence-corrected chi connectivity index (χ3v) is 7.51. The summed E-state index contributed by atoms with van der Waals surface area (Å²) < 4.78 is 29.3. The Morgan fingerprint density at radius 1 is 0.935 bits per heavy atom. The number of carbonyl (C=O) groups is 1. The van der Waals surface area contributed by atoms with Crippen LogP contribution in [0.4, 0.5) is 5.69 Å². The number of aromatic nitrogens is 1. The molecule has 0 saturated carbocycles. The summed E-state index contributed by atoms with van der Waals surface area (Å²) in [4.78, 5) is 15.4. The first-order chi connectivity index (χ1) is 15.0. The molecule has 0 unspecified atom stereocenters. The van der Waals surface area contributed by atoms with Crippen LogP contribution in [-0.2, 0) is 23.6 Å². The summed E-state index contributed by atoms with van der Waals surface area (Å²) in [7, 11) is -1.89. The van der Waals surface area contributed by atoms with Crippen LogP contribution in [0.5, 0.6) is 0 Å². The fraction of sp³-hybridized carbons (Fsp3) is 0.292. The van der Waals surface area contributed by atoms with Crippen molar-refractivity contribution in [3.8, 4) is 0 Å². The average Bonchev–Trinajstić information content (AvgIpc) is 3.21. The second kappa shape index (κ2) is 9.08. The smallest absolute Gasteiger partial charge is 0.275 e. The maximum absolute atomic E-state index is 13.6. The van der Waals surface area contributed by atoms with E-state index in [0.717, 1.165) is 30.5 Å². The van der Waals surface area contributed by atoms with Crippen LogP contribution in [0.3, 0.4) is 0 Å². The van der Waals surface area contributed by atoms with Gasteiger partial charge in [-0.15, -0.1) is 0 Å². The van der Waals surface area contributed by atoms with Gasteiger partial charge in [-0.3, -0.25) is 4.79 Å². The Bertz CT molecular complexity index is 1140. The van der Waals surface area contributed by atoms with Crippen LogP contribution < -0.4 is 4.90 Å². The normalized spacial score (nSPS) is 15.0. The van der Waals surface area contributed by atoms with Crippen molar-refractivity contribution in [3.63, 3.8) is 0 Å². The van der Waals surface area contributed by atoms with Gasteiger partial charge in [0.1, 0.15) is 10.6 Å². The molecule has 0 atom stereocenters. The second-order valence-corrected chi connectivity index (χ2v) is 9.79. The standard InChI is InChI=1S/C24H27N3O3S/c1-25-19-22(31(29,30)26-15-9-4-10-16-26)17-23(25)24(28)27(21-13-7-3-8-14-21)18-20-11-5-2-6-12-20/h2-3,5-8,11-14,17,19H,4,9-10,15-16,18H2,1H3. The van der Waals surface area contributed by atoms with Crippen LogP contribution in [0.25, 0.3) is 0 Å². The minimum absolute atomic E-state index is 0.174. The lowest BCUT2D eigenvalue weighted by atomic mass is 10.2. The van der Waals surface area contributed by atoms with E-state index in [1.165, 1.54) is 10.4 Å². The molecule has 1 aromatic heterocycles. The Labute approximate surface area is 183 Å². The van der Waals surface area contributed by atoms with Crippen molar-refractivity contribution in [2.24, 2.45) is 7.05 Å². The number of para-hydroxylation sites is 1. The number of aryl methyl sites for hydroxylation is 1. The van der Waals surface area contributed by atoms with E-state index in [2.05, 4.69) is 0 Å². The van der Waals surface area contributed by atoms with Gasteiger partial charge in [0.15, 0.2) is 0 Å². The van der Waals surface area contributed by atoms with E-state index >= 15 is 0 Å². The van der Waals surface area contributed by atoms with E-state index in [0.29, 0.717) is 25.3 Å². The summed E-state index contributed by atoms with van der Waals surface area (Å²) in [5.41, 5.74) is 2.10. The monoisotopic (exact) mass is 437 g/mol. The zero-order valence-corrected chi connectivity index (χ0v) is 18.5. The zero-order valence-electron chi connectivity index (χ0n) is 17.6.